The lowest BCUT2D eigenvalue weighted by atomic mass is 9.69. The van der Waals surface area contributed by atoms with Crippen molar-refractivity contribution >= 4 is 27.8 Å². The number of rotatable bonds is 4. The predicted octanol–water partition coefficient (Wildman–Crippen LogP) is 6.57. The number of fused-ring (bicyclic) bond motifs is 2. The normalized spacial score (nSPS) is 23.2. The number of hydrogen-bond donors (Lipinski definition) is 2. The highest BCUT2D eigenvalue weighted by Gasteiger charge is 2.41. The van der Waals surface area contributed by atoms with Crippen LogP contribution in [0.25, 0.3) is 27.5 Å². The summed E-state index contributed by atoms with van der Waals surface area (Å²) in [6, 6.07) is 5.61. The van der Waals surface area contributed by atoms with Crippen molar-refractivity contribution in [2.24, 2.45) is 5.41 Å². The van der Waals surface area contributed by atoms with E-state index in [-0.39, 0.29) is 11.8 Å². The van der Waals surface area contributed by atoms with Crippen molar-refractivity contribution in [2.45, 2.75) is 57.3 Å². The summed E-state index contributed by atoms with van der Waals surface area (Å²) in [7, 11) is 0. The number of nitrogens with zero attached hydrogens (tertiary/aromatic N) is 2. The first kappa shape index (κ1) is 24.0. The standard InChI is InChI=1S/C28H28F3N3O3/c1-28(27(35)36)8-4-15(5-9-28)22-23-21(12-17-14-32-33-25(17)24(23)31)34(18-2-3-19(29)20(30)13-18)26(22)16-6-10-37-11-7-16/h2-3,12-16H,4-11H2,1H3,(H,32,33)(H,35,36). The fraction of sp³-hybridized carbons (Fsp3) is 0.429. The zero-order valence-electron chi connectivity index (χ0n) is 20.5. The van der Waals surface area contributed by atoms with E-state index in [1.54, 1.807) is 13.1 Å². The van der Waals surface area contributed by atoms with Gasteiger partial charge in [-0.1, -0.05) is 0 Å². The molecule has 1 aliphatic carbocycles. The Morgan fingerprint density at radius 2 is 1.81 bits per heavy atom. The minimum atomic E-state index is -0.974. The summed E-state index contributed by atoms with van der Waals surface area (Å²) in [5, 5.41) is 17.6. The van der Waals surface area contributed by atoms with Gasteiger partial charge in [-0.05, 0) is 75.1 Å². The molecule has 0 atom stereocenters. The van der Waals surface area contributed by atoms with E-state index in [9.17, 15) is 18.7 Å². The van der Waals surface area contributed by atoms with Crippen LogP contribution >= 0.6 is 0 Å². The van der Waals surface area contributed by atoms with Crippen LogP contribution in [0.15, 0.2) is 30.5 Å². The summed E-state index contributed by atoms with van der Waals surface area (Å²) in [5.74, 6) is -3.22. The molecule has 2 fully saturated rings. The first-order chi connectivity index (χ1) is 17.8. The lowest BCUT2D eigenvalue weighted by molar-refractivity contribution is -0.149. The minimum Gasteiger partial charge on any atom is -0.481 e. The topological polar surface area (TPSA) is 80.1 Å². The Kier molecular flexibility index (Phi) is 5.78. The van der Waals surface area contributed by atoms with Gasteiger partial charge in [0.15, 0.2) is 17.5 Å². The van der Waals surface area contributed by atoms with Gasteiger partial charge in [0.1, 0.15) is 5.52 Å². The van der Waals surface area contributed by atoms with E-state index >= 15 is 4.39 Å². The molecule has 2 N–H and O–H groups in total. The van der Waals surface area contributed by atoms with Crippen LogP contribution in [0, 0.1) is 22.9 Å². The maximum absolute atomic E-state index is 16.3. The smallest absolute Gasteiger partial charge is 0.309 e. The molecular formula is C28H28F3N3O3. The number of aliphatic carboxylic acids is 1. The van der Waals surface area contributed by atoms with Crippen LogP contribution in [0.5, 0.6) is 0 Å². The summed E-state index contributed by atoms with van der Waals surface area (Å²) in [4.78, 5) is 11.9. The highest BCUT2D eigenvalue weighted by molar-refractivity contribution is 6.00. The van der Waals surface area contributed by atoms with E-state index in [1.807, 2.05) is 10.6 Å². The number of carboxylic acids is 1. The Morgan fingerprint density at radius 3 is 2.49 bits per heavy atom. The molecule has 1 saturated heterocycles. The molecule has 2 aromatic carbocycles. The van der Waals surface area contributed by atoms with Crippen LogP contribution in [0.2, 0.25) is 0 Å². The van der Waals surface area contributed by atoms with Crippen molar-refractivity contribution in [1.82, 2.24) is 14.8 Å². The van der Waals surface area contributed by atoms with Crippen molar-refractivity contribution in [3.63, 3.8) is 0 Å². The van der Waals surface area contributed by atoms with Gasteiger partial charge in [0, 0.05) is 47.4 Å². The van der Waals surface area contributed by atoms with Crippen LogP contribution in [0.1, 0.15) is 68.5 Å². The van der Waals surface area contributed by atoms with Gasteiger partial charge in [-0.3, -0.25) is 9.89 Å². The quantitative estimate of drug-likeness (QED) is 0.325. The van der Waals surface area contributed by atoms with Crippen LogP contribution in [0.3, 0.4) is 0 Å². The molecule has 4 aromatic rings. The van der Waals surface area contributed by atoms with Gasteiger partial charge < -0.3 is 14.4 Å². The average Bonchev–Trinajstić information content (AvgIpc) is 3.50. The molecule has 2 aromatic heterocycles. The number of H-pyrrole nitrogens is 1. The lowest BCUT2D eigenvalue weighted by Gasteiger charge is -2.35. The summed E-state index contributed by atoms with van der Waals surface area (Å²) in [6.07, 6.45) is 5.12. The number of benzene rings is 2. The molecule has 1 aliphatic heterocycles. The van der Waals surface area contributed by atoms with Gasteiger partial charge in [-0.15, -0.1) is 0 Å². The monoisotopic (exact) mass is 511 g/mol. The molecular weight excluding hydrogens is 483 g/mol. The van der Waals surface area contributed by atoms with Crippen molar-refractivity contribution in [3.8, 4) is 5.69 Å². The van der Waals surface area contributed by atoms with Crippen LogP contribution < -0.4 is 0 Å². The minimum absolute atomic E-state index is 0.0212. The molecule has 1 saturated carbocycles. The Morgan fingerprint density at radius 1 is 1.08 bits per heavy atom. The molecule has 0 unspecified atom stereocenters. The lowest BCUT2D eigenvalue weighted by Crippen LogP contribution is -2.32. The zero-order chi connectivity index (χ0) is 25.9. The number of halogens is 3. The first-order valence-corrected chi connectivity index (χ1v) is 12.7. The molecule has 0 bridgehead atoms. The van der Waals surface area contributed by atoms with Crippen molar-refractivity contribution in [1.29, 1.82) is 0 Å². The summed E-state index contributed by atoms with van der Waals surface area (Å²) >= 11 is 0. The Balaban J connectivity index is 1.65. The van der Waals surface area contributed by atoms with E-state index in [0.717, 1.165) is 23.4 Å². The third-order valence-corrected chi connectivity index (χ3v) is 8.47. The maximum atomic E-state index is 16.3. The molecule has 0 radical (unpaired) electrons. The summed E-state index contributed by atoms with van der Waals surface area (Å²) < 4.78 is 52.2. The zero-order valence-corrected chi connectivity index (χ0v) is 20.5. The van der Waals surface area contributed by atoms with Crippen molar-refractivity contribution in [3.05, 3.63) is 59.2 Å². The average molecular weight is 512 g/mol. The maximum Gasteiger partial charge on any atom is 0.309 e. The van der Waals surface area contributed by atoms with Gasteiger partial charge in [0.25, 0.3) is 0 Å². The van der Waals surface area contributed by atoms with Gasteiger partial charge in [-0.2, -0.15) is 5.10 Å². The number of carboxylic acid groups (broad SMARTS) is 1. The molecule has 2 aliphatic rings. The van der Waals surface area contributed by atoms with E-state index in [2.05, 4.69) is 10.2 Å². The summed E-state index contributed by atoms with van der Waals surface area (Å²) in [5.41, 5.74) is 2.19. The number of aromatic nitrogens is 3. The molecule has 194 valence electrons. The van der Waals surface area contributed by atoms with Crippen molar-refractivity contribution in [2.75, 3.05) is 13.2 Å². The largest absolute Gasteiger partial charge is 0.481 e. The van der Waals surface area contributed by atoms with Crippen molar-refractivity contribution < 1.29 is 27.8 Å². The van der Waals surface area contributed by atoms with E-state index in [1.165, 1.54) is 6.07 Å². The van der Waals surface area contributed by atoms with Crippen LogP contribution in [-0.4, -0.2) is 39.1 Å². The Labute approximate surface area is 211 Å². The van der Waals surface area contributed by atoms with Gasteiger partial charge in [-0.25, -0.2) is 13.2 Å². The second-order valence-corrected chi connectivity index (χ2v) is 10.7. The van der Waals surface area contributed by atoms with Crippen LogP contribution in [0.4, 0.5) is 13.2 Å². The second-order valence-electron chi connectivity index (χ2n) is 10.7. The molecule has 9 heteroatoms. The molecule has 37 heavy (non-hydrogen) atoms. The molecule has 6 rings (SSSR count). The predicted molar refractivity (Wildman–Crippen MR) is 133 cm³/mol. The van der Waals surface area contributed by atoms with E-state index in [0.29, 0.717) is 79.2 Å². The number of aromatic amines is 1. The Hall–Kier alpha value is -3.33. The third kappa shape index (κ3) is 3.82. The first-order valence-electron chi connectivity index (χ1n) is 12.7. The highest BCUT2D eigenvalue weighted by Crippen LogP contribution is 2.50. The SMILES string of the molecule is CC1(C(=O)O)CCC(c2c(C3CCOCC3)n(-c3ccc(F)c(F)c3)c3cc4cn[nH]c4c(F)c23)CC1. The third-order valence-electron chi connectivity index (χ3n) is 8.47. The fourth-order valence-corrected chi connectivity index (χ4v) is 6.30. The molecule has 0 amide bonds. The molecule has 3 heterocycles. The number of nitrogens with one attached hydrogen (secondary N) is 1. The van der Waals surface area contributed by atoms with Gasteiger partial charge in [0.05, 0.1) is 17.1 Å². The second kappa shape index (κ2) is 8.90. The van der Waals surface area contributed by atoms with E-state index in [4.69, 9.17) is 4.74 Å². The highest BCUT2D eigenvalue weighted by atomic mass is 19.2. The van der Waals surface area contributed by atoms with E-state index < -0.39 is 28.8 Å². The Bertz CT molecular complexity index is 1510. The number of ether oxygens (including phenoxy) is 1. The fourth-order valence-electron chi connectivity index (χ4n) is 6.30. The van der Waals surface area contributed by atoms with Gasteiger partial charge in [0.2, 0.25) is 0 Å². The number of hydrogen-bond acceptors (Lipinski definition) is 3. The number of carbonyl (C=O) groups is 1. The van der Waals surface area contributed by atoms with Crippen LogP contribution in [-0.2, 0) is 9.53 Å². The summed E-state index contributed by atoms with van der Waals surface area (Å²) in [6.45, 7) is 2.88. The van der Waals surface area contributed by atoms with Gasteiger partial charge >= 0.3 is 5.97 Å². The molecule has 6 nitrogen and oxygen atoms in total. The molecule has 0 spiro atoms.